The number of halogens is 1. The third kappa shape index (κ3) is 4.66. The van der Waals surface area contributed by atoms with Gasteiger partial charge in [-0.3, -0.25) is 4.79 Å². The molecule has 22 heavy (non-hydrogen) atoms. The Kier molecular flexibility index (Phi) is 6.58. The van der Waals surface area contributed by atoms with Crippen molar-refractivity contribution < 1.29 is 4.79 Å². The molecule has 0 aliphatic rings. The molecule has 114 valence electrons. The van der Waals surface area contributed by atoms with Gasteiger partial charge >= 0.3 is 0 Å². The van der Waals surface area contributed by atoms with Gasteiger partial charge < -0.3 is 0 Å². The lowest BCUT2D eigenvalue weighted by atomic mass is 10.1. The molecule has 2 rings (SSSR count). The van der Waals surface area contributed by atoms with Crippen molar-refractivity contribution in [3.05, 3.63) is 69.3 Å². The molecular formula is C18H19IN2O. The highest BCUT2D eigenvalue weighted by molar-refractivity contribution is 14.1. The number of nitrogens with zero attached hydrogens (tertiary/aromatic N) is 1. The van der Waals surface area contributed by atoms with Crippen LogP contribution in [-0.4, -0.2) is 11.6 Å². The maximum Gasteiger partial charge on any atom is 0.272 e. The summed E-state index contributed by atoms with van der Waals surface area (Å²) in [5, 5.41) is 4.36. The summed E-state index contributed by atoms with van der Waals surface area (Å²) in [5.41, 5.74) is 5.31. The first kappa shape index (κ1) is 16.7. The summed E-state index contributed by atoms with van der Waals surface area (Å²) in [7, 11) is 0. The van der Waals surface area contributed by atoms with Gasteiger partial charge in [0, 0.05) is 3.57 Å². The van der Waals surface area contributed by atoms with Crippen molar-refractivity contribution in [2.75, 3.05) is 0 Å². The topological polar surface area (TPSA) is 41.5 Å². The van der Waals surface area contributed by atoms with Crippen molar-refractivity contribution in [3.8, 4) is 0 Å². The van der Waals surface area contributed by atoms with Crippen molar-refractivity contribution in [3.63, 3.8) is 0 Å². The van der Waals surface area contributed by atoms with Crippen LogP contribution in [0.15, 0.2) is 59.7 Å². The molecule has 0 radical (unpaired) electrons. The number of hydrazone groups is 1. The summed E-state index contributed by atoms with van der Waals surface area (Å²) in [5.74, 6) is -0.171. The van der Waals surface area contributed by atoms with Gasteiger partial charge in [-0.15, -0.1) is 0 Å². The molecule has 0 atom stereocenters. The Morgan fingerprint density at radius 1 is 1.09 bits per heavy atom. The van der Waals surface area contributed by atoms with E-state index in [1.807, 2.05) is 48.5 Å². The van der Waals surface area contributed by atoms with Crippen molar-refractivity contribution in [1.82, 2.24) is 5.43 Å². The monoisotopic (exact) mass is 406 g/mol. The van der Waals surface area contributed by atoms with Crippen molar-refractivity contribution in [1.29, 1.82) is 0 Å². The second-order valence-corrected chi connectivity index (χ2v) is 6.11. The minimum Gasteiger partial charge on any atom is -0.267 e. The number of unbranched alkanes of at least 4 members (excludes halogenated alkanes) is 1. The molecule has 0 saturated heterocycles. The molecule has 1 amide bonds. The van der Waals surface area contributed by atoms with Gasteiger partial charge in [-0.2, -0.15) is 5.10 Å². The lowest BCUT2D eigenvalue weighted by Gasteiger charge is -2.08. The minimum absolute atomic E-state index is 0.171. The third-order valence-electron chi connectivity index (χ3n) is 3.29. The second-order valence-electron chi connectivity index (χ2n) is 4.95. The molecule has 0 heterocycles. The van der Waals surface area contributed by atoms with Gasteiger partial charge in [-0.05, 0) is 53.1 Å². The maximum absolute atomic E-state index is 12.3. The van der Waals surface area contributed by atoms with E-state index in [0.29, 0.717) is 5.56 Å². The molecule has 1 N–H and O–H groups in total. The SMILES string of the molecule is CCCC/C(=N\NC(=O)c1ccccc1I)c1ccccc1. The lowest BCUT2D eigenvalue weighted by molar-refractivity contribution is 0.0954. The first-order valence-corrected chi connectivity index (χ1v) is 8.47. The Morgan fingerprint density at radius 2 is 1.77 bits per heavy atom. The number of benzene rings is 2. The van der Waals surface area contributed by atoms with Crippen molar-refractivity contribution in [2.45, 2.75) is 26.2 Å². The summed E-state index contributed by atoms with van der Waals surface area (Å²) in [4.78, 5) is 12.3. The van der Waals surface area contributed by atoms with Gasteiger partial charge in [-0.1, -0.05) is 55.8 Å². The van der Waals surface area contributed by atoms with E-state index in [9.17, 15) is 4.79 Å². The molecule has 0 bridgehead atoms. The quantitative estimate of drug-likeness (QED) is 0.425. The van der Waals surface area contributed by atoms with Crippen LogP contribution in [0.25, 0.3) is 0 Å². The Hall–Kier alpha value is -1.69. The van der Waals surface area contributed by atoms with E-state index >= 15 is 0 Å². The number of amides is 1. The van der Waals surface area contributed by atoms with Crippen molar-refractivity contribution in [2.24, 2.45) is 5.10 Å². The molecule has 0 aromatic heterocycles. The van der Waals surface area contributed by atoms with E-state index in [1.54, 1.807) is 6.07 Å². The van der Waals surface area contributed by atoms with Crippen LogP contribution in [0, 0.1) is 3.57 Å². The van der Waals surface area contributed by atoms with E-state index in [0.717, 1.165) is 34.1 Å². The zero-order valence-corrected chi connectivity index (χ0v) is 14.7. The van der Waals surface area contributed by atoms with Crippen molar-refractivity contribution >= 4 is 34.2 Å². The molecule has 4 heteroatoms. The molecule has 0 unspecified atom stereocenters. The fourth-order valence-corrected chi connectivity index (χ4v) is 2.70. The van der Waals surface area contributed by atoms with E-state index in [1.165, 1.54) is 0 Å². The van der Waals surface area contributed by atoms with E-state index < -0.39 is 0 Å². The molecule has 2 aromatic carbocycles. The number of carbonyl (C=O) groups excluding carboxylic acids is 1. The number of hydrogen-bond acceptors (Lipinski definition) is 2. The summed E-state index contributed by atoms with van der Waals surface area (Å²) >= 11 is 2.16. The van der Waals surface area contributed by atoms with Crippen LogP contribution in [0.2, 0.25) is 0 Å². The van der Waals surface area contributed by atoms with Gasteiger partial charge in [0.25, 0.3) is 5.91 Å². The summed E-state index contributed by atoms with van der Waals surface area (Å²) in [6.07, 6.45) is 3.00. The van der Waals surface area contributed by atoms with E-state index in [4.69, 9.17) is 0 Å². The largest absolute Gasteiger partial charge is 0.272 e. The van der Waals surface area contributed by atoms with E-state index in [2.05, 4.69) is 40.0 Å². The first-order valence-electron chi connectivity index (χ1n) is 7.39. The summed E-state index contributed by atoms with van der Waals surface area (Å²) in [6, 6.07) is 17.5. The normalized spacial score (nSPS) is 11.3. The average molecular weight is 406 g/mol. The molecule has 0 aliphatic heterocycles. The Morgan fingerprint density at radius 3 is 2.45 bits per heavy atom. The average Bonchev–Trinajstić information content (AvgIpc) is 2.56. The van der Waals surface area contributed by atoms with Crippen LogP contribution < -0.4 is 5.43 Å². The molecule has 2 aromatic rings. The van der Waals surface area contributed by atoms with Gasteiger partial charge in [0.15, 0.2) is 0 Å². The number of rotatable bonds is 6. The molecule has 3 nitrogen and oxygen atoms in total. The van der Waals surface area contributed by atoms with Gasteiger partial charge in [0.1, 0.15) is 0 Å². The highest BCUT2D eigenvalue weighted by Crippen LogP contribution is 2.12. The Balaban J connectivity index is 2.16. The van der Waals surface area contributed by atoms with Gasteiger partial charge in [0.05, 0.1) is 11.3 Å². The molecular weight excluding hydrogens is 387 g/mol. The standard InChI is InChI=1S/C18H19IN2O/c1-2-3-13-17(14-9-5-4-6-10-14)20-21-18(22)15-11-7-8-12-16(15)19/h4-12H,2-3,13H2,1H3,(H,21,22)/b20-17+. The smallest absolute Gasteiger partial charge is 0.267 e. The number of hydrogen-bond donors (Lipinski definition) is 1. The van der Waals surface area contributed by atoms with Crippen LogP contribution in [0.4, 0.5) is 0 Å². The highest BCUT2D eigenvalue weighted by atomic mass is 127. The molecule has 0 aliphatic carbocycles. The zero-order chi connectivity index (χ0) is 15.8. The Bertz CT molecular complexity index is 653. The van der Waals surface area contributed by atoms with Gasteiger partial charge in [0.2, 0.25) is 0 Å². The fraction of sp³-hybridized carbons (Fsp3) is 0.222. The second kappa shape index (κ2) is 8.68. The van der Waals surface area contributed by atoms with Crippen LogP contribution in [0.3, 0.4) is 0 Å². The lowest BCUT2D eigenvalue weighted by Crippen LogP contribution is -2.21. The van der Waals surface area contributed by atoms with Crippen LogP contribution in [-0.2, 0) is 0 Å². The fourth-order valence-electron chi connectivity index (χ4n) is 2.06. The molecule has 0 fully saturated rings. The third-order valence-corrected chi connectivity index (χ3v) is 4.23. The zero-order valence-electron chi connectivity index (χ0n) is 12.6. The predicted molar refractivity (Wildman–Crippen MR) is 99.1 cm³/mol. The molecule has 0 saturated carbocycles. The number of carbonyl (C=O) groups is 1. The number of nitrogens with one attached hydrogen (secondary N) is 1. The Labute approximate surface area is 145 Å². The van der Waals surface area contributed by atoms with Gasteiger partial charge in [-0.25, -0.2) is 5.43 Å². The van der Waals surface area contributed by atoms with Crippen LogP contribution in [0.5, 0.6) is 0 Å². The maximum atomic E-state index is 12.3. The predicted octanol–water partition coefficient (Wildman–Crippen LogP) is 4.62. The molecule has 0 spiro atoms. The summed E-state index contributed by atoms with van der Waals surface area (Å²) < 4.78 is 0.919. The van der Waals surface area contributed by atoms with Crippen LogP contribution in [0.1, 0.15) is 42.1 Å². The summed E-state index contributed by atoms with van der Waals surface area (Å²) in [6.45, 7) is 2.15. The van der Waals surface area contributed by atoms with E-state index in [-0.39, 0.29) is 5.91 Å². The highest BCUT2D eigenvalue weighted by Gasteiger charge is 2.09. The minimum atomic E-state index is -0.171. The first-order chi connectivity index (χ1) is 10.7. The van der Waals surface area contributed by atoms with Crippen LogP contribution >= 0.6 is 22.6 Å².